The van der Waals surface area contributed by atoms with Crippen LogP contribution in [0.3, 0.4) is 0 Å². The molecule has 6 nitrogen and oxygen atoms in total. The number of nitrogens with zero attached hydrogens (tertiary/aromatic N) is 2. The molecule has 0 aromatic heterocycles. The fourth-order valence-corrected chi connectivity index (χ4v) is 4.50. The molecule has 32 heavy (non-hydrogen) atoms. The van der Waals surface area contributed by atoms with Crippen LogP contribution in [-0.4, -0.2) is 25.0 Å². The van der Waals surface area contributed by atoms with Crippen LogP contribution in [0, 0.1) is 19.8 Å². The van der Waals surface area contributed by atoms with E-state index in [1.807, 2.05) is 86.6 Å². The van der Waals surface area contributed by atoms with Crippen molar-refractivity contribution in [3.05, 3.63) is 89.5 Å². The molecule has 0 spiro atoms. The Kier molecular flexibility index (Phi) is 4.94. The molecule has 0 bridgehead atoms. The Morgan fingerprint density at radius 1 is 0.812 bits per heavy atom. The number of benzene rings is 3. The number of amides is 2. The molecular formula is C26H24N2O4. The first kappa shape index (κ1) is 20.3. The van der Waals surface area contributed by atoms with Crippen LogP contribution in [0.5, 0.6) is 5.75 Å². The van der Waals surface area contributed by atoms with E-state index in [9.17, 15) is 9.59 Å². The van der Waals surface area contributed by atoms with Crippen molar-refractivity contribution in [2.24, 2.45) is 5.92 Å². The molecule has 2 saturated heterocycles. The minimum atomic E-state index is -0.888. The van der Waals surface area contributed by atoms with Crippen molar-refractivity contribution in [2.75, 3.05) is 17.1 Å². The van der Waals surface area contributed by atoms with Crippen LogP contribution in [-0.2, 0) is 14.4 Å². The fourth-order valence-electron chi connectivity index (χ4n) is 4.50. The van der Waals surface area contributed by atoms with Crippen LogP contribution in [0.1, 0.15) is 22.7 Å². The Morgan fingerprint density at radius 3 is 2.31 bits per heavy atom. The van der Waals surface area contributed by atoms with E-state index in [2.05, 4.69) is 0 Å². The van der Waals surface area contributed by atoms with E-state index in [-0.39, 0.29) is 11.8 Å². The maximum absolute atomic E-state index is 13.7. The lowest BCUT2D eigenvalue weighted by Gasteiger charge is -2.29. The van der Waals surface area contributed by atoms with Gasteiger partial charge in [0.15, 0.2) is 6.10 Å². The molecule has 0 aliphatic carbocycles. The lowest BCUT2D eigenvalue weighted by molar-refractivity contribution is -0.126. The van der Waals surface area contributed by atoms with Gasteiger partial charge in [0.2, 0.25) is 5.91 Å². The third-order valence-electron chi connectivity index (χ3n) is 6.31. The normalized spacial score (nSPS) is 22.4. The summed E-state index contributed by atoms with van der Waals surface area (Å²) < 4.78 is 5.41. The molecule has 6 heteroatoms. The van der Waals surface area contributed by atoms with Crippen LogP contribution >= 0.6 is 0 Å². The van der Waals surface area contributed by atoms with Gasteiger partial charge in [-0.15, -0.1) is 0 Å². The van der Waals surface area contributed by atoms with Gasteiger partial charge in [-0.1, -0.05) is 36.4 Å². The zero-order chi connectivity index (χ0) is 22.4. The molecule has 0 radical (unpaired) electrons. The number of hydroxylamine groups is 1. The Morgan fingerprint density at radius 2 is 1.59 bits per heavy atom. The van der Waals surface area contributed by atoms with E-state index in [4.69, 9.17) is 9.57 Å². The molecule has 0 N–H and O–H groups in total. The van der Waals surface area contributed by atoms with E-state index in [0.717, 1.165) is 22.4 Å². The summed E-state index contributed by atoms with van der Waals surface area (Å²) in [4.78, 5) is 34.5. The number of methoxy groups -OCH3 is 1. The van der Waals surface area contributed by atoms with E-state index >= 15 is 0 Å². The van der Waals surface area contributed by atoms with Gasteiger partial charge in [-0.05, 0) is 66.9 Å². The highest BCUT2D eigenvalue weighted by Crippen LogP contribution is 2.48. The predicted molar refractivity (Wildman–Crippen MR) is 121 cm³/mol. The number of anilines is 2. The van der Waals surface area contributed by atoms with Crippen molar-refractivity contribution >= 4 is 23.2 Å². The quantitative estimate of drug-likeness (QED) is 0.578. The molecule has 2 amide bonds. The lowest BCUT2D eigenvalue weighted by atomic mass is 9.90. The van der Waals surface area contributed by atoms with Gasteiger partial charge in [0.05, 0.1) is 24.5 Å². The smallest absolute Gasteiger partial charge is 0.266 e. The first-order valence-electron chi connectivity index (χ1n) is 10.6. The summed E-state index contributed by atoms with van der Waals surface area (Å²) in [6.45, 7) is 3.97. The van der Waals surface area contributed by atoms with Crippen LogP contribution in [0.25, 0.3) is 0 Å². The Labute approximate surface area is 186 Å². The Balaban J connectivity index is 1.59. The highest BCUT2D eigenvalue weighted by atomic mass is 16.7. The van der Waals surface area contributed by atoms with Crippen molar-refractivity contribution in [3.63, 3.8) is 0 Å². The molecule has 3 atom stereocenters. The van der Waals surface area contributed by atoms with Crippen LogP contribution < -0.4 is 14.7 Å². The fraction of sp³-hybridized carbons (Fsp3) is 0.231. The number of rotatable bonds is 4. The third kappa shape index (κ3) is 3.15. The lowest BCUT2D eigenvalue weighted by Crippen LogP contribution is -2.37. The van der Waals surface area contributed by atoms with Gasteiger partial charge in [-0.2, -0.15) is 0 Å². The predicted octanol–water partition coefficient (Wildman–Crippen LogP) is 4.36. The number of carbonyl (C=O) groups excluding carboxylic acids is 2. The minimum Gasteiger partial charge on any atom is -0.497 e. The summed E-state index contributed by atoms with van der Waals surface area (Å²) in [7, 11) is 1.60. The van der Waals surface area contributed by atoms with Gasteiger partial charge in [0, 0.05) is 0 Å². The van der Waals surface area contributed by atoms with Gasteiger partial charge >= 0.3 is 0 Å². The number of aryl methyl sites for hydroxylation is 2. The molecule has 0 saturated carbocycles. The molecule has 3 aromatic carbocycles. The topological polar surface area (TPSA) is 59.1 Å². The van der Waals surface area contributed by atoms with Crippen molar-refractivity contribution in [3.8, 4) is 5.75 Å². The molecule has 2 fully saturated rings. The SMILES string of the molecule is COc1cccc([C@@H]2[C@H]3C(=O)N(c4ccc(C)c(C)c4)C(=O)[C@H]3ON2c2ccccc2)c1. The second-order valence-corrected chi connectivity index (χ2v) is 8.22. The van der Waals surface area contributed by atoms with Crippen LogP contribution in [0.2, 0.25) is 0 Å². The zero-order valence-electron chi connectivity index (χ0n) is 18.2. The highest BCUT2D eigenvalue weighted by Gasteiger charge is 2.60. The second kappa shape index (κ2) is 7.80. The van der Waals surface area contributed by atoms with Crippen LogP contribution in [0.4, 0.5) is 11.4 Å². The van der Waals surface area contributed by atoms with Crippen LogP contribution in [0.15, 0.2) is 72.8 Å². The zero-order valence-corrected chi connectivity index (χ0v) is 18.2. The standard InChI is InChI=1S/C26H24N2O4/c1-16-12-13-20(14-17(16)2)27-25(29)22-23(18-8-7-11-21(15-18)31-3)28(32-24(22)26(27)30)19-9-5-4-6-10-19/h4-15,22-24H,1-3H3/t22-,23-,24+/m1/s1. The van der Waals surface area contributed by atoms with E-state index in [1.54, 1.807) is 12.2 Å². The average molecular weight is 428 g/mol. The molecule has 3 aromatic rings. The minimum absolute atomic E-state index is 0.255. The molecule has 2 heterocycles. The van der Waals surface area contributed by atoms with Gasteiger partial charge in [0.1, 0.15) is 11.7 Å². The highest BCUT2D eigenvalue weighted by molar-refractivity contribution is 6.24. The maximum atomic E-state index is 13.7. The first-order chi connectivity index (χ1) is 15.5. The number of hydrogen-bond donors (Lipinski definition) is 0. The molecule has 162 valence electrons. The summed E-state index contributed by atoms with van der Waals surface area (Å²) in [6.07, 6.45) is -0.888. The Bertz CT molecular complexity index is 1190. The van der Waals surface area contributed by atoms with Crippen molar-refractivity contribution in [2.45, 2.75) is 26.0 Å². The Hall–Kier alpha value is -3.64. The van der Waals surface area contributed by atoms with Gasteiger partial charge in [0.25, 0.3) is 5.91 Å². The second-order valence-electron chi connectivity index (χ2n) is 8.22. The molecule has 2 aliphatic heterocycles. The van der Waals surface area contributed by atoms with Crippen molar-refractivity contribution in [1.82, 2.24) is 0 Å². The summed E-state index contributed by atoms with van der Waals surface area (Å²) in [5.74, 6) is -0.581. The van der Waals surface area contributed by atoms with Gasteiger partial charge in [-0.25, -0.2) is 9.96 Å². The summed E-state index contributed by atoms with van der Waals surface area (Å²) in [5.41, 5.74) is 4.35. The number of hydrogen-bond acceptors (Lipinski definition) is 5. The number of fused-ring (bicyclic) bond motifs is 1. The van der Waals surface area contributed by atoms with Gasteiger partial charge in [-0.3, -0.25) is 14.4 Å². The summed E-state index contributed by atoms with van der Waals surface area (Å²) >= 11 is 0. The number of para-hydroxylation sites is 1. The largest absolute Gasteiger partial charge is 0.497 e. The maximum Gasteiger partial charge on any atom is 0.266 e. The van der Waals surface area contributed by atoms with Crippen molar-refractivity contribution in [1.29, 1.82) is 0 Å². The first-order valence-corrected chi connectivity index (χ1v) is 10.6. The van der Waals surface area contributed by atoms with Crippen molar-refractivity contribution < 1.29 is 19.2 Å². The monoisotopic (exact) mass is 428 g/mol. The van der Waals surface area contributed by atoms with E-state index < -0.39 is 18.1 Å². The summed E-state index contributed by atoms with van der Waals surface area (Å²) in [6, 6.07) is 22.2. The van der Waals surface area contributed by atoms with E-state index in [1.165, 1.54) is 4.90 Å². The average Bonchev–Trinajstić information content (AvgIpc) is 3.32. The van der Waals surface area contributed by atoms with Gasteiger partial charge < -0.3 is 4.74 Å². The molecule has 2 aliphatic rings. The molecule has 0 unspecified atom stereocenters. The number of ether oxygens (including phenoxy) is 1. The third-order valence-corrected chi connectivity index (χ3v) is 6.31. The molecular weight excluding hydrogens is 404 g/mol. The number of imide groups is 1. The summed E-state index contributed by atoms with van der Waals surface area (Å²) in [5, 5.41) is 1.69. The molecule has 5 rings (SSSR count). The number of carbonyl (C=O) groups is 2. The van der Waals surface area contributed by atoms with E-state index in [0.29, 0.717) is 11.4 Å².